The molecule has 10 heteroatoms. The van der Waals surface area contributed by atoms with E-state index in [0.717, 1.165) is 16.7 Å². The number of benzene rings is 1. The third-order valence-electron chi connectivity index (χ3n) is 4.38. The van der Waals surface area contributed by atoms with Crippen LogP contribution in [0.2, 0.25) is 0 Å². The monoisotopic (exact) mass is 394 g/mol. The molecule has 0 saturated heterocycles. The topological polar surface area (TPSA) is 90.0 Å². The zero-order chi connectivity index (χ0) is 20.6. The maximum Gasteiger partial charge on any atom is 0.418 e. The molecule has 0 saturated carbocycles. The molecule has 3 rings (SSSR count). The number of carbonyl (C=O) groups is 1. The highest BCUT2D eigenvalue weighted by Gasteiger charge is 2.34. The molecule has 0 radical (unpaired) electrons. The number of hydrogen-bond donors (Lipinski definition) is 1. The lowest BCUT2D eigenvalue weighted by molar-refractivity contribution is -0.137. The van der Waals surface area contributed by atoms with Crippen molar-refractivity contribution in [1.29, 1.82) is 0 Å². The molecular formula is C18H17F3N4O3. The van der Waals surface area contributed by atoms with Crippen molar-refractivity contribution in [3.05, 3.63) is 51.7 Å². The number of hydrogen-bond acceptors (Lipinski definition) is 5. The van der Waals surface area contributed by atoms with E-state index in [0.29, 0.717) is 5.69 Å². The summed E-state index contributed by atoms with van der Waals surface area (Å²) in [6, 6.07) is 3.60. The predicted octanol–water partition coefficient (Wildman–Crippen LogP) is 3.61. The van der Waals surface area contributed by atoms with Crippen LogP contribution in [0.4, 0.5) is 18.9 Å². The number of fused-ring (bicyclic) bond motifs is 1. The van der Waals surface area contributed by atoms with Gasteiger partial charge in [-0.1, -0.05) is 24.2 Å². The Kier molecular flexibility index (Phi) is 4.97. The standard InChI is InChI=1S/C18H17F3N4O3/c1-4-13(15(26)23-12-8-6-5-7-11(12)18(19,20)21)25-10(3)22-16-14(17(25)27)9(2)24-28-16/h5-8,13H,4H2,1-3H3,(H,23,26)/t13-/m1/s1. The van der Waals surface area contributed by atoms with Crippen molar-refractivity contribution in [1.82, 2.24) is 14.7 Å². The number of nitrogens with one attached hydrogen (secondary N) is 1. The molecule has 0 unspecified atom stereocenters. The van der Waals surface area contributed by atoms with E-state index in [1.807, 2.05) is 0 Å². The molecule has 0 aliphatic carbocycles. The average molecular weight is 394 g/mol. The van der Waals surface area contributed by atoms with Crippen molar-refractivity contribution >= 4 is 22.7 Å². The van der Waals surface area contributed by atoms with Crippen LogP contribution in [-0.2, 0) is 11.0 Å². The van der Waals surface area contributed by atoms with Crippen LogP contribution in [0.1, 0.15) is 36.5 Å². The first-order valence-corrected chi connectivity index (χ1v) is 8.47. The molecule has 1 N–H and O–H groups in total. The van der Waals surface area contributed by atoms with E-state index in [1.54, 1.807) is 13.8 Å². The van der Waals surface area contributed by atoms with Crippen LogP contribution in [0.5, 0.6) is 0 Å². The van der Waals surface area contributed by atoms with Gasteiger partial charge in [-0.15, -0.1) is 0 Å². The van der Waals surface area contributed by atoms with Crippen LogP contribution >= 0.6 is 0 Å². The van der Waals surface area contributed by atoms with E-state index >= 15 is 0 Å². The number of nitrogens with zero attached hydrogens (tertiary/aromatic N) is 3. The fourth-order valence-corrected chi connectivity index (χ4v) is 3.06. The first-order chi connectivity index (χ1) is 13.1. The van der Waals surface area contributed by atoms with Crippen molar-refractivity contribution in [2.24, 2.45) is 0 Å². The minimum Gasteiger partial charge on any atom is -0.335 e. The third-order valence-corrected chi connectivity index (χ3v) is 4.38. The lowest BCUT2D eigenvalue weighted by Gasteiger charge is -2.21. The first kappa shape index (κ1) is 19.6. The minimum absolute atomic E-state index is 0.0499. The molecule has 148 valence electrons. The number of amides is 1. The second kappa shape index (κ2) is 7.10. The molecule has 0 bridgehead atoms. The van der Waals surface area contributed by atoms with Gasteiger partial charge in [0.1, 0.15) is 17.3 Å². The molecule has 0 aliphatic rings. The van der Waals surface area contributed by atoms with Crippen molar-refractivity contribution in [3.8, 4) is 0 Å². The van der Waals surface area contributed by atoms with Crippen LogP contribution < -0.4 is 10.9 Å². The van der Waals surface area contributed by atoms with Gasteiger partial charge < -0.3 is 9.84 Å². The smallest absolute Gasteiger partial charge is 0.335 e. The highest BCUT2D eigenvalue weighted by atomic mass is 19.4. The van der Waals surface area contributed by atoms with Gasteiger partial charge in [-0.3, -0.25) is 14.2 Å². The molecular weight excluding hydrogens is 377 g/mol. The number of carbonyl (C=O) groups excluding carboxylic acids is 1. The predicted molar refractivity (Wildman–Crippen MR) is 94.9 cm³/mol. The Bertz CT molecular complexity index is 1100. The summed E-state index contributed by atoms with van der Waals surface area (Å²) in [4.78, 5) is 29.8. The van der Waals surface area contributed by atoms with Gasteiger partial charge in [0, 0.05) is 0 Å². The lowest BCUT2D eigenvalue weighted by atomic mass is 10.1. The van der Waals surface area contributed by atoms with E-state index in [-0.39, 0.29) is 29.0 Å². The number of para-hydroxylation sites is 1. The van der Waals surface area contributed by atoms with Crippen molar-refractivity contribution < 1.29 is 22.5 Å². The highest BCUT2D eigenvalue weighted by molar-refractivity contribution is 5.94. The SMILES string of the molecule is CC[C@H](C(=O)Nc1ccccc1C(F)(F)F)n1c(C)nc2onc(C)c2c1=O. The van der Waals surface area contributed by atoms with Gasteiger partial charge in [-0.25, -0.2) is 0 Å². The summed E-state index contributed by atoms with van der Waals surface area (Å²) in [5, 5.41) is 6.12. The summed E-state index contributed by atoms with van der Waals surface area (Å²) in [6.07, 6.45) is -4.46. The number of halogens is 3. The molecule has 1 amide bonds. The normalized spacial score (nSPS) is 12.9. The summed E-state index contributed by atoms with van der Waals surface area (Å²) in [6.45, 7) is 4.73. The van der Waals surface area contributed by atoms with E-state index in [1.165, 1.54) is 19.1 Å². The van der Waals surface area contributed by atoms with Crippen molar-refractivity contribution in [2.75, 3.05) is 5.32 Å². The van der Waals surface area contributed by atoms with Gasteiger partial charge in [0.05, 0.1) is 16.9 Å². The summed E-state index contributed by atoms with van der Waals surface area (Å²) in [7, 11) is 0. The summed E-state index contributed by atoms with van der Waals surface area (Å²) >= 11 is 0. The van der Waals surface area contributed by atoms with E-state index in [9.17, 15) is 22.8 Å². The van der Waals surface area contributed by atoms with Gasteiger partial charge in [-0.2, -0.15) is 18.2 Å². The Balaban J connectivity index is 2.04. The Labute approximate surface area is 157 Å². The van der Waals surface area contributed by atoms with Crippen LogP contribution in [0.25, 0.3) is 11.1 Å². The minimum atomic E-state index is -4.63. The Morgan fingerprint density at radius 2 is 1.96 bits per heavy atom. The second-order valence-corrected chi connectivity index (χ2v) is 6.24. The summed E-state index contributed by atoms with van der Waals surface area (Å²) < 4.78 is 45.7. The maximum atomic E-state index is 13.2. The lowest BCUT2D eigenvalue weighted by Crippen LogP contribution is -2.35. The van der Waals surface area contributed by atoms with Gasteiger partial charge >= 0.3 is 6.18 Å². The fourth-order valence-electron chi connectivity index (χ4n) is 3.06. The zero-order valence-electron chi connectivity index (χ0n) is 15.3. The van der Waals surface area contributed by atoms with Gasteiger partial charge in [0.15, 0.2) is 0 Å². The molecule has 2 heterocycles. The largest absolute Gasteiger partial charge is 0.418 e. The number of rotatable bonds is 4. The molecule has 2 aromatic heterocycles. The molecule has 1 atom stereocenters. The van der Waals surface area contributed by atoms with Gasteiger partial charge in [-0.05, 0) is 32.4 Å². The van der Waals surface area contributed by atoms with Crippen LogP contribution in [0.3, 0.4) is 0 Å². The molecule has 7 nitrogen and oxygen atoms in total. The summed E-state index contributed by atoms with van der Waals surface area (Å²) in [5.74, 6) is -0.556. The summed E-state index contributed by atoms with van der Waals surface area (Å²) in [5.41, 5.74) is -1.51. The Morgan fingerprint density at radius 3 is 2.61 bits per heavy atom. The number of aryl methyl sites for hydroxylation is 2. The number of aromatic nitrogens is 3. The zero-order valence-corrected chi connectivity index (χ0v) is 15.3. The van der Waals surface area contributed by atoms with E-state index < -0.39 is 29.2 Å². The second-order valence-electron chi connectivity index (χ2n) is 6.24. The Hall–Kier alpha value is -3.17. The van der Waals surface area contributed by atoms with Crippen LogP contribution in [-0.4, -0.2) is 20.6 Å². The van der Waals surface area contributed by atoms with E-state index in [2.05, 4.69) is 15.5 Å². The van der Waals surface area contributed by atoms with Crippen LogP contribution in [0.15, 0.2) is 33.6 Å². The van der Waals surface area contributed by atoms with Gasteiger partial charge in [0.25, 0.3) is 11.3 Å². The van der Waals surface area contributed by atoms with Crippen LogP contribution in [0, 0.1) is 13.8 Å². The number of anilines is 1. The third kappa shape index (κ3) is 3.37. The Morgan fingerprint density at radius 1 is 1.29 bits per heavy atom. The quantitative estimate of drug-likeness (QED) is 0.730. The maximum absolute atomic E-state index is 13.2. The molecule has 0 fully saturated rings. The molecule has 0 aliphatic heterocycles. The first-order valence-electron chi connectivity index (χ1n) is 8.47. The molecule has 0 spiro atoms. The molecule has 28 heavy (non-hydrogen) atoms. The molecule has 3 aromatic rings. The molecule has 1 aromatic carbocycles. The number of alkyl halides is 3. The van der Waals surface area contributed by atoms with Gasteiger partial charge in [0.2, 0.25) is 5.91 Å². The van der Waals surface area contributed by atoms with Crippen molar-refractivity contribution in [2.45, 2.75) is 39.4 Å². The average Bonchev–Trinajstić information content (AvgIpc) is 2.98. The highest BCUT2D eigenvalue weighted by Crippen LogP contribution is 2.35. The van der Waals surface area contributed by atoms with E-state index in [4.69, 9.17) is 4.52 Å². The fraction of sp³-hybridized carbons (Fsp3) is 0.333. The van der Waals surface area contributed by atoms with Crippen molar-refractivity contribution in [3.63, 3.8) is 0 Å².